The van der Waals surface area contributed by atoms with Crippen molar-refractivity contribution in [2.75, 3.05) is 24.1 Å². The van der Waals surface area contributed by atoms with Crippen molar-refractivity contribution >= 4 is 28.6 Å². The predicted octanol–water partition coefficient (Wildman–Crippen LogP) is 3.53. The molecule has 4 N–H and O–H groups in total. The molecule has 1 amide bonds. The second-order valence-electron chi connectivity index (χ2n) is 8.21. The van der Waals surface area contributed by atoms with Crippen molar-refractivity contribution in [3.63, 3.8) is 0 Å². The van der Waals surface area contributed by atoms with Gasteiger partial charge in [0.15, 0.2) is 5.82 Å². The van der Waals surface area contributed by atoms with Crippen molar-refractivity contribution in [2.24, 2.45) is 0 Å². The molecule has 180 valence electrons. The summed E-state index contributed by atoms with van der Waals surface area (Å²) < 4.78 is 40.4. The van der Waals surface area contributed by atoms with Crippen LogP contribution >= 0.6 is 0 Å². The first-order valence-corrected chi connectivity index (χ1v) is 11.0. The Morgan fingerprint density at radius 2 is 1.83 bits per heavy atom. The molecule has 1 fully saturated rings. The Balaban J connectivity index is 1.43. The van der Waals surface area contributed by atoms with Gasteiger partial charge in [0.2, 0.25) is 0 Å². The molecule has 0 aliphatic carbocycles. The lowest BCUT2D eigenvalue weighted by Gasteiger charge is -2.20. The fourth-order valence-corrected chi connectivity index (χ4v) is 4.17. The molecule has 1 aliphatic rings. The van der Waals surface area contributed by atoms with Crippen molar-refractivity contribution < 1.29 is 18.0 Å². The molecule has 1 aromatic carbocycles. The number of alkyl halides is 3. The van der Waals surface area contributed by atoms with E-state index in [2.05, 4.69) is 25.6 Å². The fraction of sp³-hybridized carbons (Fsp3) is 0.261. The molecule has 35 heavy (non-hydrogen) atoms. The lowest BCUT2D eigenvalue weighted by Crippen LogP contribution is -2.27. The summed E-state index contributed by atoms with van der Waals surface area (Å²) in [7, 11) is 0. The topological polar surface area (TPSA) is 124 Å². The Morgan fingerprint density at radius 1 is 1.09 bits per heavy atom. The number of hydrogen-bond acceptors (Lipinski definition) is 7. The molecule has 3 aromatic heterocycles. The Kier molecular flexibility index (Phi) is 5.81. The Hall–Kier alpha value is -4.06. The number of nitrogens with two attached hydrogens (primary N) is 1. The Labute approximate surface area is 197 Å². The highest BCUT2D eigenvalue weighted by Gasteiger charge is 2.31. The number of nitrogens with zero attached hydrogens (tertiary/aromatic N) is 5. The van der Waals surface area contributed by atoms with Gasteiger partial charge in [-0.15, -0.1) is 0 Å². The first-order valence-electron chi connectivity index (χ1n) is 11.0. The molecule has 1 saturated heterocycles. The van der Waals surface area contributed by atoms with Gasteiger partial charge >= 0.3 is 6.18 Å². The molecule has 4 heterocycles. The first-order chi connectivity index (χ1) is 16.8. The third-order valence-corrected chi connectivity index (χ3v) is 5.94. The quantitative estimate of drug-likeness (QED) is 0.407. The third-order valence-electron chi connectivity index (χ3n) is 5.94. The molecule has 0 saturated carbocycles. The van der Waals surface area contributed by atoms with E-state index in [4.69, 9.17) is 10.8 Å². The number of amides is 1. The second kappa shape index (κ2) is 8.95. The molecule has 1 aliphatic heterocycles. The number of nitrogens with one attached hydrogen (secondary N) is 2. The summed E-state index contributed by atoms with van der Waals surface area (Å²) in [6, 6.07) is 8.09. The van der Waals surface area contributed by atoms with E-state index in [0.717, 1.165) is 50.0 Å². The summed E-state index contributed by atoms with van der Waals surface area (Å²) in [5.74, 6) is -0.255. The molecular formula is C23H21F3N8O. The fourth-order valence-electron chi connectivity index (χ4n) is 4.17. The van der Waals surface area contributed by atoms with Crippen LogP contribution in [-0.4, -0.2) is 43.7 Å². The van der Waals surface area contributed by atoms with Gasteiger partial charge in [-0.25, -0.2) is 19.6 Å². The number of benzene rings is 1. The van der Waals surface area contributed by atoms with Crippen LogP contribution in [0.1, 0.15) is 40.4 Å². The minimum Gasteiger partial charge on any atom is -0.382 e. The smallest absolute Gasteiger partial charge is 0.382 e. The van der Waals surface area contributed by atoms with Crippen molar-refractivity contribution in [1.29, 1.82) is 0 Å². The molecule has 0 bridgehead atoms. The van der Waals surface area contributed by atoms with Gasteiger partial charge in [-0.1, -0.05) is 0 Å². The average molecular weight is 482 g/mol. The van der Waals surface area contributed by atoms with E-state index >= 15 is 0 Å². The summed E-state index contributed by atoms with van der Waals surface area (Å²) in [5, 5.41) is 10.5. The van der Waals surface area contributed by atoms with Crippen molar-refractivity contribution in [1.82, 2.24) is 30.0 Å². The number of carbonyl (C=O) groups excluding carboxylic acids is 1. The standard InChI is InChI=1S/C23H21F3N8O/c24-23(25,26)15-7-10-29-17(11-15)32-22(35)14-1-3-16(4-2-14)34-20-19(30-12-31-21(20)27)18(33-34)13-5-8-28-9-6-13/h1-4,7,10-13,28H,5-6,8-9H2,(H2,27,30,31)(H,29,32,35). The van der Waals surface area contributed by atoms with Crippen LogP contribution in [0.15, 0.2) is 48.9 Å². The van der Waals surface area contributed by atoms with E-state index < -0.39 is 17.6 Å². The van der Waals surface area contributed by atoms with E-state index in [1.54, 1.807) is 28.9 Å². The lowest BCUT2D eigenvalue weighted by atomic mass is 9.94. The zero-order valence-corrected chi connectivity index (χ0v) is 18.4. The van der Waals surface area contributed by atoms with Crippen LogP contribution in [0.3, 0.4) is 0 Å². The maximum Gasteiger partial charge on any atom is 0.416 e. The van der Waals surface area contributed by atoms with Gasteiger partial charge in [0.05, 0.1) is 16.9 Å². The van der Waals surface area contributed by atoms with Gasteiger partial charge in [0, 0.05) is 17.7 Å². The minimum absolute atomic E-state index is 0.191. The van der Waals surface area contributed by atoms with E-state index in [1.165, 1.54) is 6.33 Å². The zero-order chi connectivity index (χ0) is 24.6. The molecule has 0 spiro atoms. The number of anilines is 2. The zero-order valence-electron chi connectivity index (χ0n) is 18.4. The Morgan fingerprint density at radius 3 is 2.54 bits per heavy atom. The van der Waals surface area contributed by atoms with Gasteiger partial charge < -0.3 is 16.4 Å². The van der Waals surface area contributed by atoms with Crippen LogP contribution in [0.5, 0.6) is 0 Å². The van der Waals surface area contributed by atoms with Crippen LogP contribution in [0, 0.1) is 0 Å². The van der Waals surface area contributed by atoms with Crippen molar-refractivity contribution in [2.45, 2.75) is 24.9 Å². The Bertz CT molecular complexity index is 1380. The summed E-state index contributed by atoms with van der Waals surface area (Å²) in [4.78, 5) is 24.9. The normalized spacial score (nSPS) is 14.8. The van der Waals surface area contributed by atoms with Crippen LogP contribution in [0.25, 0.3) is 16.7 Å². The summed E-state index contributed by atoms with van der Waals surface area (Å²) in [6.45, 7) is 1.79. The molecule has 0 radical (unpaired) electrons. The molecule has 0 atom stereocenters. The minimum atomic E-state index is -4.53. The van der Waals surface area contributed by atoms with Crippen LogP contribution in [0.4, 0.5) is 24.8 Å². The highest BCUT2D eigenvalue weighted by atomic mass is 19.4. The number of pyridine rings is 1. The van der Waals surface area contributed by atoms with Crippen molar-refractivity contribution in [3.8, 4) is 5.69 Å². The van der Waals surface area contributed by atoms with Crippen molar-refractivity contribution in [3.05, 3.63) is 65.7 Å². The van der Waals surface area contributed by atoms with Gasteiger partial charge in [-0.2, -0.15) is 18.3 Å². The predicted molar refractivity (Wildman–Crippen MR) is 123 cm³/mol. The molecule has 0 unspecified atom stereocenters. The largest absolute Gasteiger partial charge is 0.416 e. The molecular weight excluding hydrogens is 461 g/mol. The van der Waals surface area contributed by atoms with E-state index in [1.807, 2.05) is 0 Å². The van der Waals surface area contributed by atoms with Gasteiger partial charge in [-0.3, -0.25) is 4.79 Å². The summed E-state index contributed by atoms with van der Waals surface area (Å²) >= 11 is 0. The first kappa shape index (κ1) is 22.7. The molecule has 5 rings (SSSR count). The van der Waals surface area contributed by atoms with Gasteiger partial charge in [0.1, 0.15) is 23.2 Å². The number of aromatic nitrogens is 5. The van der Waals surface area contributed by atoms with E-state index in [9.17, 15) is 18.0 Å². The van der Waals surface area contributed by atoms with E-state index in [-0.39, 0.29) is 17.3 Å². The summed E-state index contributed by atoms with van der Waals surface area (Å²) in [5.41, 5.74) is 8.30. The number of nitrogen functional groups attached to an aromatic ring is 1. The number of rotatable bonds is 4. The van der Waals surface area contributed by atoms with E-state index in [0.29, 0.717) is 22.5 Å². The maximum absolute atomic E-state index is 12.9. The van der Waals surface area contributed by atoms with Gasteiger partial charge in [0.25, 0.3) is 5.91 Å². The highest BCUT2D eigenvalue weighted by molar-refractivity contribution is 6.04. The average Bonchev–Trinajstić information content (AvgIpc) is 3.25. The second-order valence-corrected chi connectivity index (χ2v) is 8.21. The molecule has 4 aromatic rings. The van der Waals surface area contributed by atoms with Crippen LogP contribution < -0.4 is 16.4 Å². The monoisotopic (exact) mass is 482 g/mol. The number of fused-ring (bicyclic) bond motifs is 1. The number of carbonyl (C=O) groups is 1. The lowest BCUT2D eigenvalue weighted by molar-refractivity contribution is -0.137. The highest BCUT2D eigenvalue weighted by Crippen LogP contribution is 2.33. The number of hydrogen-bond donors (Lipinski definition) is 3. The third kappa shape index (κ3) is 4.52. The molecule has 9 nitrogen and oxygen atoms in total. The molecule has 12 heteroatoms. The van der Waals surface area contributed by atoms with Crippen LogP contribution in [0.2, 0.25) is 0 Å². The van der Waals surface area contributed by atoms with Crippen LogP contribution in [-0.2, 0) is 6.18 Å². The van der Waals surface area contributed by atoms with Gasteiger partial charge in [-0.05, 0) is 62.3 Å². The SMILES string of the molecule is Nc1ncnc2c(C3CCNCC3)nn(-c3ccc(C(=O)Nc4cc(C(F)(F)F)ccn4)cc3)c12. The number of halogens is 3. The maximum atomic E-state index is 12.9. The number of piperidine rings is 1. The summed E-state index contributed by atoms with van der Waals surface area (Å²) in [6.07, 6.45) is -0.257.